The molecule has 1 unspecified atom stereocenters. The van der Waals surface area contributed by atoms with Crippen LogP contribution in [0, 0.1) is 10.1 Å². The Kier molecular flexibility index (Phi) is 7.40. The number of nitro benzene ring substituents is 1. The summed E-state index contributed by atoms with van der Waals surface area (Å²) in [5.41, 5.74) is 0.447. The molecule has 1 amide bonds. The number of benzene rings is 1. The number of nitrogens with zero attached hydrogens (tertiary/aromatic N) is 4. The quantitative estimate of drug-likeness (QED) is 0.532. The summed E-state index contributed by atoms with van der Waals surface area (Å²) in [4.78, 5) is 24.8. The zero-order valence-electron chi connectivity index (χ0n) is 17.2. The van der Waals surface area contributed by atoms with Gasteiger partial charge in [-0.15, -0.1) is 0 Å². The summed E-state index contributed by atoms with van der Waals surface area (Å²) in [6.07, 6.45) is 3.94. The Balaban J connectivity index is 1.53. The fraction of sp³-hybridized carbons (Fsp3) is 0.632. The summed E-state index contributed by atoms with van der Waals surface area (Å²) in [6.45, 7) is 4.60. The minimum absolute atomic E-state index is 0.0391. The Morgan fingerprint density at radius 3 is 2.03 bits per heavy atom. The molecule has 10 nitrogen and oxygen atoms in total. The van der Waals surface area contributed by atoms with E-state index in [4.69, 9.17) is 0 Å². The molecule has 0 aromatic heterocycles. The topological polar surface area (TPSA) is 116 Å². The third-order valence-electron chi connectivity index (χ3n) is 5.76. The maximum absolute atomic E-state index is 12.9. The van der Waals surface area contributed by atoms with Gasteiger partial charge in [0.15, 0.2) is 0 Å². The van der Waals surface area contributed by atoms with Crippen molar-refractivity contribution in [3.8, 4) is 0 Å². The molecule has 1 N–H and O–H groups in total. The van der Waals surface area contributed by atoms with Gasteiger partial charge in [-0.25, -0.2) is 0 Å². The smallest absolute Gasteiger partial charge is 0.282 e. The van der Waals surface area contributed by atoms with Gasteiger partial charge in [0.1, 0.15) is 0 Å². The van der Waals surface area contributed by atoms with Gasteiger partial charge in [0.2, 0.25) is 5.91 Å². The van der Waals surface area contributed by atoms with Gasteiger partial charge in [0.05, 0.1) is 11.0 Å². The monoisotopic (exact) mass is 439 g/mol. The van der Waals surface area contributed by atoms with Gasteiger partial charge in [0, 0.05) is 57.1 Å². The Morgan fingerprint density at radius 1 is 0.967 bits per heavy atom. The van der Waals surface area contributed by atoms with Crippen LogP contribution in [0.25, 0.3) is 0 Å². The third kappa shape index (κ3) is 5.34. The van der Waals surface area contributed by atoms with Gasteiger partial charge in [-0.1, -0.05) is 12.8 Å². The van der Waals surface area contributed by atoms with E-state index in [1.54, 1.807) is 11.2 Å². The van der Waals surface area contributed by atoms with Crippen molar-refractivity contribution in [2.24, 2.45) is 0 Å². The first-order valence-corrected chi connectivity index (χ1v) is 11.7. The molecule has 3 rings (SSSR count). The van der Waals surface area contributed by atoms with Crippen molar-refractivity contribution in [3.63, 3.8) is 0 Å². The lowest BCUT2D eigenvalue weighted by molar-refractivity contribution is -0.384. The van der Waals surface area contributed by atoms with Crippen LogP contribution in [0.3, 0.4) is 0 Å². The molecule has 1 atom stereocenters. The van der Waals surface area contributed by atoms with Crippen molar-refractivity contribution in [2.75, 3.05) is 44.6 Å². The number of rotatable bonds is 6. The molecule has 2 aliphatic heterocycles. The largest absolute Gasteiger partial charge is 0.325 e. The lowest BCUT2D eigenvalue weighted by Gasteiger charge is -2.38. The van der Waals surface area contributed by atoms with E-state index < -0.39 is 21.2 Å². The predicted octanol–water partition coefficient (Wildman–Crippen LogP) is 1.66. The van der Waals surface area contributed by atoms with E-state index >= 15 is 0 Å². The number of hydrogen-bond acceptors (Lipinski definition) is 6. The Bertz CT molecular complexity index is 845. The summed E-state index contributed by atoms with van der Waals surface area (Å²) in [5, 5.41) is 13.5. The SMILES string of the molecule is CC(C(=O)Nc1ccc([N+](=O)[O-])cc1)N1CCN(S(=O)(=O)N2CCCCCC2)CC1. The number of anilines is 1. The maximum Gasteiger partial charge on any atom is 0.282 e. The minimum Gasteiger partial charge on any atom is -0.325 e. The summed E-state index contributed by atoms with van der Waals surface area (Å²) < 4.78 is 29.0. The van der Waals surface area contributed by atoms with E-state index in [2.05, 4.69) is 5.32 Å². The van der Waals surface area contributed by atoms with Crippen LogP contribution in [-0.2, 0) is 15.0 Å². The summed E-state index contributed by atoms with van der Waals surface area (Å²) in [6, 6.07) is 5.23. The van der Waals surface area contributed by atoms with E-state index in [1.165, 1.54) is 28.6 Å². The number of carbonyl (C=O) groups is 1. The summed E-state index contributed by atoms with van der Waals surface area (Å²) in [7, 11) is -3.45. The Morgan fingerprint density at radius 2 is 1.50 bits per heavy atom. The number of nitrogens with one attached hydrogen (secondary N) is 1. The van der Waals surface area contributed by atoms with E-state index in [1.807, 2.05) is 4.90 Å². The molecule has 11 heteroatoms. The number of amides is 1. The first-order valence-electron chi connectivity index (χ1n) is 10.3. The van der Waals surface area contributed by atoms with E-state index in [9.17, 15) is 23.3 Å². The Hall–Kier alpha value is -2.08. The molecule has 0 radical (unpaired) electrons. The summed E-state index contributed by atoms with van der Waals surface area (Å²) in [5.74, 6) is -0.229. The average molecular weight is 440 g/mol. The highest BCUT2D eigenvalue weighted by Crippen LogP contribution is 2.20. The second kappa shape index (κ2) is 9.82. The average Bonchev–Trinajstić information content (AvgIpc) is 3.04. The van der Waals surface area contributed by atoms with Crippen molar-refractivity contribution in [1.82, 2.24) is 13.5 Å². The van der Waals surface area contributed by atoms with Crippen LogP contribution in [-0.4, -0.2) is 78.1 Å². The van der Waals surface area contributed by atoms with Gasteiger partial charge in [-0.3, -0.25) is 19.8 Å². The predicted molar refractivity (Wildman–Crippen MR) is 113 cm³/mol. The van der Waals surface area contributed by atoms with Crippen LogP contribution in [0.4, 0.5) is 11.4 Å². The molecule has 2 saturated heterocycles. The lowest BCUT2D eigenvalue weighted by atomic mass is 10.2. The van der Waals surface area contributed by atoms with Crippen LogP contribution in [0.1, 0.15) is 32.6 Å². The van der Waals surface area contributed by atoms with Gasteiger partial charge in [-0.2, -0.15) is 17.0 Å². The first-order chi connectivity index (χ1) is 14.3. The highest BCUT2D eigenvalue weighted by atomic mass is 32.2. The van der Waals surface area contributed by atoms with E-state index in [0.717, 1.165) is 25.7 Å². The van der Waals surface area contributed by atoms with Gasteiger partial charge < -0.3 is 5.32 Å². The fourth-order valence-corrected chi connectivity index (χ4v) is 5.51. The molecule has 30 heavy (non-hydrogen) atoms. The van der Waals surface area contributed by atoms with Crippen molar-refractivity contribution in [3.05, 3.63) is 34.4 Å². The number of piperazine rings is 1. The fourth-order valence-electron chi connectivity index (χ4n) is 3.84. The Labute approximate surface area is 177 Å². The maximum atomic E-state index is 12.9. The van der Waals surface area contributed by atoms with Crippen molar-refractivity contribution in [1.29, 1.82) is 0 Å². The van der Waals surface area contributed by atoms with Gasteiger partial charge in [0.25, 0.3) is 15.9 Å². The second-order valence-electron chi connectivity index (χ2n) is 7.73. The summed E-state index contributed by atoms with van der Waals surface area (Å²) >= 11 is 0. The van der Waals surface area contributed by atoms with Crippen LogP contribution in [0.5, 0.6) is 0 Å². The van der Waals surface area contributed by atoms with E-state index in [-0.39, 0.29) is 11.6 Å². The first kappa shape index (κ1) is 22.6. The molecule has 166 valence electrons. The van der Waals surface area contributed by atoms with E-state index in [0.29, 0.717) is 45.0 Å². The molecule has 0 aliphatic carbocycles. The highest BCUT2D eigenvalue weighted by Gasteiger charge is 2.34. The standard InChI is InChI=1S/C19H29N5O5S/c1-16(19(25)20-17-6-8-18(9-7-17)24(26)27)21-12-14-23(15-13-21)30(28,29)22-10-4-2-3-5-11-22/h6-9,16H,2-5,10-15H2,1H3,(H,20,25). The van der Waals surface area contributed by atoms with Crippen LogP contribution >= 0.6 is 0 Å². The van der Waals surface area contributed by atoms with Crippen LogP contribution in [0.15, 0.2) is 24.3 Å². The molecule has 0 saturated carbocycles. The molecular formula is C19H29N5O5S. The molecule has 0 bridgehead atoms. The lowest BCUT2D eigenvalue weighted by Crippen LogP contribution is -2.56. The number of hydrogen-bond donors (Lipinski definition) is 1. The molecule has 2 aliphatic rings. The molecule has 1 aromatic carbocycles. The normalized spacial score (nSPS) is 21.0. The van der Waals surface area contributed by atoms with Gasteiger partial charge >= 0.3 is 0 Å². The van der Waals surface area contributed by atoms with Crippen LogP contribution in [0.2, 0.25) is 0 Å². The zero-order valence-corrected chi connectivity index (χ0v) is 18.0. The molecule has 1 aromatic rings. The van der Waals surface area contributed by atoms with Crippen molar-refractivity contribution < 1.29 is 18.1 Å². The van der Waals surface area contributed by atoms with Crippen molar-refractivity contribution in [2.45, 2.75) is 38.6 Å². The third-order valence-corrected chi connectivity index (χ3v) is 7.80. The number of nitro groups is 1. The molecular weight excluding hydrogens is 410 g/mol. The molecule has 0 spiro atoms. The molecule has 2 fully saturated rings. The minimum atomic E-state index is -3.45. The number of carbonyl (C=O) groups excluding carboxylic acids is 1. The highest BCUT2D eigenvalue weighted by molar-refractivity contribution is 7.86. The van der Waals surface area contributed by atoms with Crippen molar-refractivity contribution >= 4 is 27.5 Å². The second-order valence-corrected chi connectivity index (χ2v) is 9.65. The zero-order chi connectivity index (χ0) is 21.7. The van der Waals surface area contributed by atoms with Crippen LogP contribution < -0.4 is 5.32 Å². The number of non-ortho nitro benzene ring substituents is 1. The van der Waals surface area contributed by atoms with Gasteiger partial charge in [-0.05, 0) is 31.9 Å². The molecule has 2 heterocycles.